The summed E-state index contributed by atoms with van der Waals surface area (Å²) in [6.45, 7) is -0.528. The number of esters is 2. The quantitative estimate of drug-likeness (QED) is 0.323. The summed E-state index contributed by atoms with van der Waals surface area (Å²) in [7, 11) is -2.63. The molecule has 0 aliphatic heterocycles. The number of methoxy groups -OCH3 is 1. The number of nitrogens with zero attached hydrogens (tertiary/aromatic N) is 1. The zero-order chi connectivity index (χ0) is 23.6. The monoisotopic (exact) mass is 468 g/mol. The largest absolute Gasteiger partial charge is 0.464 e. The lowest BCUT2D eigenvalue weighted by Crippen LogP contribution is -2.21. The number of aromatic amines is 1. The average Bonchev–Trinajstić information content (AvgIpc) is 3.19. The first-order chi connectivity index (χ1) is 15.8. The SMILES string of the molecule is COC(=O)c1cc2c([nH]c3ccccc32)c([C@H](COS(C)(=O)=O)OC(=O)c2ccccc2)n1. The Morgan fingerprint density at radius 2 is 1.70 bits per heavy atom. The molecule has 4 aromatic rings. The number of carbonyl (C=O) groups is 2. The van der Waals surface area contributed by atoms with Gasteiger partial charge in [-0.1, -0.05) is 36.4 Å². The summed E-state index contributed by atoms with van der Waals surface area (Å²) >= 11 is 0. The van der Waals surface area contributed by atoms with E-state index in [2.05, 4.69) is 9.97 Å². The van der Waals surface area contributed by atoms with E-state index in [1.54, 1.807) is 36.4 Å². The van der Waals surface area contributed by atoms with Crippen molar-refractivity contribution in [1.29, 1.82) is 0 Å². The molecule has 2 heterocycles. The van der Waals surface area contributed by atoms with E-state index in [0.29, 0.717) is 10.9 Å². The maximum atomic E-state index is 12.8. The molecular weight excluding hydrogens is 448 g/mol. The van der Waals surface area contributed by atoms with Crippen molar-refractivity contribution in [1.82, 2.24) is 9.97 Å². The van der Waals surface area contributed by atoms with E-state index >= 15 is 0 Å². The minimum absolute atomic E-state index is 0.0233. The minimum Gasteiger partial charge on any atom is -0.464 e. The molecule has 1 atom stereocenters. The van der Waals surface area contributed by atoms with Crippen LogP contribution < -0.4 is 0 Å². The third kappa shape index (κ3) is 4.86. The van der Waals surface area contributed by atoms with Crippen LogP contribution in [0.2, 0.25) is 0 Å². The third-order valence-corrected chi connectivity index (χ3v) is 5.48. The number of rotatable bonds is 7. The summed E-state index contributed by atoms with van der Waals surface area (Å²) in [5.74, 6) is -1.40. The van der Waals surface area contributed by atoms with Crippen molar-refractivity contribution in [2.75, 3.05) is 20.0 Å². The highest BCUT2D eigenvalue weighted by atomic mass is 32.2. The summed E-state index contributed by atoms with van der Waals surface area (Å²) in [6, 6.07) is 17.2. The van der Waals surface area contributed by atoms with Crippen molar-refractivity contribution in [3.8, 4) is 0 Å². The fraction of sp³-hybridized carbons (Fsp3) is 0.174. The Bertz CT molecular complexity index is 1450. The van der Waals surface area contributed by atoms with Crippen LogP contribution in [-0.2, 0) is 23.8 Å². The van der Waals surface area contributed by atoms with Crippen molar-refractivity contribution >= 4 is 43.9 Å². The third-order valence-electron chi connectivity index (χ3n) is 4.92. The van der Waals surface area contributed by atoms with E-state index in [-0.39, 0.29) is 17.0 Å². The molecule has 0 saturated carbocycles. The Labute approximate surface area is 189 Å². The van der Waals surface area contributed by atoms with Crippen molar-refractivity contribution in [3.63, 3.8) is 0 Å². The second kappa shape index (κ2) is 9.00. The van der Waals surface area contributed by atoms with Gasteiger partial charge in [-0.3, -0.25) is 4.18 Å². The number of nitrogens with one attached hydrogen (secondary N) is 1. The van der Waals surface area contributed by atoms with Crippen LogP contribution in [0.25, 0.3) is 21.8 Å². The van der Waals surface area contributed by atoms with E-state index < -0.39 is 34.8 Å². The van der Waals surface area contributed by atoms with Gasteiger partial charge in [0, 0.05) is 16.3 Å². The molecule has 4 rings (SSSR count). The van der Waals surface area contributed by atoms with E-state index in [4.69, 9.17) is 13.7 Å². The van der Waals surface area contributed by atoms with E-state index in [1.165, 1.54) is 7.11 Å². The predicted molar refractivity (Wildman–Crippen MR) is 120 cm³/mol. The van der Waals surface area contributed by atoms with Crippen LogP contribution in [-0.4, -0.2) is 50.3 Å². The predicted octanol–water partition coefficient (Wildman–Crippen LogP) is 3.38. The molecule has 0 aliphatic rings. The highest BCUT2D eigenvalue weighted by Crippen LogP contribution is 2.32. The number of H-pyrrole nitrogens is 1. The van der Waals surface area contributed by atoms with Gasteiger partial charge < -0.3 is 14.5 Å². The molecule has 0 aliphatic carbocycles. The van der Waals surface area contributed by atoms with Crippen LogP contribution in [0.5, 0.6) is 0 Å². The Morgan fingerprint density at radius 1 is 1.00 bits per heavy atom. The number of fused-ring (bicyclic) bond motifs is 3. The van der Waals surface area contributed by atoms with Crippen LogP contribution in [0, 0.1) is 0 Å². The zero-order valence-electron chi connectivity index (χ0n) is 17.8. The lowest BCUT2D eigenvalue weighted by molar-refractivity contribution is 0.0167. The van der Waals surface area contributed by atoms with Crippen molar-refractivity contribution in [2.45, 2.75) is 6.10 Å². The van der Waals surface area contributed by atoms with Crippen LogP contribution in [0.4, 0.5) is 0 Å². The zero-order valence-corrected chi connectivity index (χ0v) is 18.6. The first kappa shape index (κ1) is 22.4. The van der Waals surface area contributed by atoms with Gasteiger partial charge in [-0.15, -0.1) is 0 Å². The molecule has 0 spiro atoms. The average molecular weight is 468 g/mol. The number of hydrogen-bond acceptors (Lipinski definition) is 8. The summed E-state index contributed by atoms with van der Waals surface area (Å²) < 4.78 is 38.8. The molecular formula is C23H20N2O7S. The standard InChI is InChI=1S/C23H20N2O7S/c1-30-23(27)18-12-16-15-10-6-7-11-17(15)24-20(16)21(25-18)19(13-31-33(2,28)29)32-22(26)14-8-4-3-5-9-14/h3-12,19,24H,13H2,1-2H3/t19-/m0/s1. The molecule has 0 amide bonds. The molecule has 0 saturated heterocycles. The Hall–Kier alpha value is -3.76. The Balaban J connectivity index is 1.88. The molecule has 33 heavy (non-hydrogen) atoms. The molecule has 2 aromatic heterocycles. The first-order valence-electron chi connectivity index (χ1n) is 9.87. The van der Waals surface area contributed by atoms with Crippen molar-refractivity contribution in [3.05, 3.63) is 77.6 Å². The van der Waals surface area contributed by atoms with Gasteiger partial charge in [0.2, 0.25) is 0 Å². The molecule has 0 bridgehead atoms. The fourth-order valence-corrected chi connectivity index (χ4v) is 3.81. The number of para-hydroxylation sites is 1. The van der Waals surface area contributed by atoms with Crippen LogP contribution >= 0.6 is 0 Å². The second-order valence-electron chi connectivity index (χ2n) is 7.23. The number of pyridine rings is 1. The van der Waals surface area contributed by atoms with E-state index in [1.807, 2.05) is 24.3 Å². The number of ether oxygens (including phenoxy) is 2. The summed E-state index contributed by atoms with van der Waals surface area (Å²) in [5, 5.41) is 1.44. The molecule has 0 unspecified atom stereocenters. The van der Waals surface area contributed by atoms with Gasteiger partial charge in [0.05, 0.1) is 24.4 Å². The smallest absolute Gasteiger partial charge is 0.356 e. The maximum Gasteiger partial charge on any atom is 0.356 e. The van der Waals surface area contributed by atoms with Gasteiger partial charge in [-0.2, -0.15) is 8.42 Å². The van der Waals surface area contributed by atoms with Crippen molar-refractivity contribution in [2.24, 2.45) is 0 Å². The molecule has 1 N–H and O–H groups in total. The van der Waals surface area contributed by atoms with Gasteiger partial charge in [0.15, 0.2) is 6.10 Å². The van der Waals surface area contributed by atoms with Gasteiger partial charge in [0.25, 0.3) is 10.1 Å². The number of hydrogen-bond donors (Lipinski definition) is 1. The van der Waals surface area contributed by atoms with Gasteiger partial charge in [-0.25, -0.2) is 14.6 Å². The molecule has 0 fully saturated rings. The van der Waals surface area contributed by atoms with Crippen LogP contribution in [0.3, 0.4) is 0 Å². The topological polar surface area (TPSA) is 125 Å². The molecule has 170 valence electrons. The Kier molecular flexibility index (Phi) is 6.12. The van der Waals surface area contributed by atoms with Gasteiger partial charge >= 0.3 is 11.9 Å². The first-order valence-corrected chi connectivity index (χ1v) is 11.7. The summed E-state index contributed by atoms with van der Waals surface area (Å²) in [5.41, 5.74) is 1.61. The molecule has 0 radical (unpaired) electrons. The number of benzene rings is 2. The lowest BCUT2D eigenvalue weighted by atomic mass is 10.1. The lowest BCUT2D eigenvalue weighted by Gasteiger charge is -2.18. The van der Waals surface area contributed by atoms with Crippen LogP contribution in [0.1, 0.15) is 32.6 Å². The molecule has 2 aromatic carbocycles. The minimum atomic E-state index is -3.86. The van der Waals surface area contributed by atoms with Crippen LogP contribution in [0.15, 0.2) is 60.7 Å². The van der Waals surface area contributed by atoms with E-state index in [0.717, 1.165) is 17.2 Å². The Morgan fingerprint density at radius 3 is 2.39 bits per heavy atom. The van der Waals surface area contributed by atoms with Gasteiger partial charge in [-0.05, 0) is 24.3 Å². The normalized spacial score (nSPS) is 12.5. The van der Waals surface area contributed by atoms with Gasteiger partial charge in [0.1, 0.15) is 18.0 Å². The molecule has 9 nitrogen and oxygen atoms in total. The highest BCUT2D eigenvalue weighted by molar-refractivity contribution is 7.85. The number of aromatic nitrogens is 2. The second-order valence-corrected chi connectivity index (χ2v) is 8.87. The van der Waals surface area contributed by atoms with E-state index in [9.17, 15) is 18.0 Å². The summed E-state index contributed by atoms with van der Waals surface area (Å²) in [4.78, 5) is 32.7. The van der Waals surface area contributed by atoms with Crippen molar-refractivity contribution < 1.29 is 31.7 Å². The summed E-state index contributed by atoms with van der Waals surface area (Å²) in [6.07, 6.45) is -0.354. The number of carbonyl (C=O) groups excluding carboxylic acids is 2. The highest BCUT2D eigenvalue weighted by Gasteiger charge is 2.27. The molecule has 10 heteroatoms. The fourth-order valence-electron chi connectivity index (χ4n) is 3.44. The maximum absolute atomic E-state index is 12.8.